The third-order valence-electron chi connectivity index (χ3n) is 15.7. The monoisotopic (exact) mass is 1290 g/mol. The minimum atomic E-state index is -4.69. The molecule has 4 heterocycles. The van der Waals surface area contributed by atoms with E-state index in [-0.39, 0.29) is 55.0 Å². The van der Waals surface area contributed by atoms with Gasteiger partial charge >= 0.3 is 37.8 Å². The highest BCUT2D eigenvalue weighted by Crippen LogP contribution is 2.46. The Hall–Kier alpha value is -8.69. The van der Waals surface area contributed by atoms with Crippen LogP contribution in [0.15, 0.2) is 97.2 Å². The van der Waals surface area contributed by atoms with E-state index < -0.39 is 81.0 Å². The van der Waals surface area contributed by atoms with Gasteiger partial charge in [0.1, 0.15) is 23.6 Å². The maximum atomic E-state index is 13.7. The minimum Gasteiger partial charge on any atom is -0.496 e. The number of unbranched alkanes of at least 4 members (excludes halogenated alkanes) is 2. The predicted molar refractivity (Wildman–Crippen MR) is 335 cm³/mol. The van der Waals surface area contributed by atoms with Gasteiger partial charge in [0.2, 0.25) is 24.2 Å². The second-order valence-electron chi connectivity index (χ2n) is 22.3. The highest BCUT2D eigenvalue weighted by Gasteiger charge is 2.56. The smallest absolute Gasteiger partial charge is 0.472 e. The van der Waals surface area contributed by atoms with E-state index in [0.29, 0.717) is 38.5 Å². The van der Waals surface area contributed by atoms with E-state index >= 15 is 0 Å². The van der Waals surface area contributed by atoms with Crippen LogP contribution in [-0.2, 0) is 85.7 Å². The Morgan fingerprint density at radius 3 is 2.11 bits per heavy atom. The van der Waals surface area contributed by atoms with E-state index in [1.165, 1.54) is 18.2 Å². The average Bonchev–Trinajstić information content (AvgIpc) is 1.43. The minimum absolute atomic E-state index is 0.0383. The number of alkyl carbamates (subject to hydrolysis) is 1. The maximum absolute atomic E-state index is 13.7. The van der Waals surface area contributed by atoms with Crippen molar-refractivity contribution in [2.75, 3.05) is 89.6 Å². The molecule has 1 unspecified atom stereocenters. The van der Waals surface area contributed by atoms with E-state index in [9.17, 15) is 38.2 Å². The fourth-order valence-electron chi connectivity index (χ4n) is 11.4. The number of ether oxygens (including phenoxy) is 8. The van der Waals surface area contributed by atoms with Crippen molar-refractivity contribution in [2.45, 2.75) is 110 Å². The third kappa shape index (κ3) is 17.7. The fourth-order valence-corrected chi connectivity index (χ4v) is 12.1. The number of aromatic nitrogens is 3. The molecule has 0 spiro atoms. The number of fused-ring (bicyclic) bond motifs is 4. The van der Waals surface area contributed by atoms with Gasteiger partial charge in [0.15, 0.2) is 24.1 Å². The molecule has 0 radical (unpaired) electrons. The van der Waals surface area contributed by atoms with Crippen LogP contribution in [0.1, 0.15) is 87.1 Å². The van der Waals surface area contributed by atoms with Crippen LogP contribution < -0.4 is 31.2 Å². The summed E-state index contributed by atoms with van der Waals surface area (Å²) in [6.45, 7) is 9.57. The van der Waals surface area contributed by atoms with Crippen molar-refractivity contribution in [1.29, 1.82) is 0 Å². The fraction of sp³-hybridized carbons (Fsp3) is 0.438. The number of carbonyl (C=O) groups is 6. The quantitative estimate of drug-likeness (QED) is 0.0136. The van der Waals surface area contributed by atoms with Gasteiger partial charge in [-0.3, -0.25) is 38.0 Å². The van der Waals surface area contributed by atoms with Gasteiger partial charge < -0.3 is 69.0 Å². The molecule has 0 saturated carbocycles. The molecular formula is C64H78N9O18P. The molecular weight excluding hydrogens is 1210 g/mol. The van der Waals surface area contributed by atoms with Crippen molar-refractivity contribution in [3.05, 3.63) is 125 Å². The average molecular weight is 1290 g/mol. The summed E-state index contributed by atoms with van der Waals surface area (Å²) in [4.78, 5) is 102. The molecule has 6 N–H and O–H groups in total. The van der Waals surface area contributed by atoms with Crippen LogP contribution in [0.25, 0.3) is 22.2 Å². The number of nitrogens with two attached hydrogens (primary N) is 1. The van der Waals surface area contributed by atoms with E-state index in [1.807, 2.05) is 60.8 Å². The van der Waals surface area contributed by atoms with Gasteiger partial charge in [-0.25, -0.2) is 19.1 Å². The Labute approximate surface area is 532 Å². The predicted octanol–water partition coefficient (Wildman–Crippen LogP) is 7.06. The molecule has 3 aliphatic rings. The van der Waals surface area contributed by atoms with Crippen LogP contribution in [0, 0.1) is 0 Å². The first-order valence-corrected chi connectivity index (χ1v) is 31.8. The molecule has 2 aliphatic heterocycles. The summed E-state index contributed by atoms with van der Waals surface area (Å²) >= 11 is 0. The van der Waals surface area contributed by atoms with Crippen LogP contribution >= 0.6 is 7.82 Å². The standard InChI is InChI=1S/C64H78N9O18P/c1-7-8-13-24-66-60-55-50(69-63(65)70-60)23-26-73(55)36-44-20-18-42(34-53(44)82-5)35-72-29-27-71(28-30-72)31-32-85-92(80,81)86-37-43-19-21-52(90-62-59(89-41(4)76)57(88-40(3)75)56(87-39(2)74)58(91-62)61(78)83-6)51(33-43)68-54(77)22-25-67-64(79)84-38-49-47-16-11-9-14-45(47)46-15-10-12-17-48(46)49/h9-12,14-21,23,26,33-34,49,56-59,62H,7-8,13,22,24-25,27-32,35-38H2,1-6H3,(H,67,79)(H,68,77)(H,80,81)(H3,65,66,69,70)/t56-,57-,58-,59+,62+/m0/s1. The molecule has 28 heteroatoms. The zero-order valence-corrected chi connectivity index (χ0v) is 53.1. The summed E-state index contributed by atoms with van der Waals surface area (Å²) in [5.41, 5.74) is 14.0. The van der Waals surface area contributed by atoms with Crippen LogP contribution in [-0.4, -0.2) is 169 Å². The van der Waals surface area contributed by atoms with Crippen molar-refractivity contribution in [3.63, 3.8) is 0 Å². The topological polar surface area (TPSA) is 331 Å². The lowest BCUT2D eigenvalue weighted by Gasteiger charge is -2.43. The molecule has 1 aliphatic carbocycles. The van der Waals surface area contributed by atoms with Crippen molar-refractivity contribution < 1.29 is 85.2 Å². The largest absolute Gasteiger partial charge is 0.496 e. The van der Waals surface area contributed by atoms with Gasteiger partial charge in [-0.1, -0.05) is 86.5 Å². The number of nitrogen functional groups attached to an aromatic ring is 1. The SMILES string of the molecule is CCCCCNc1nc(N)nc2ccn(Cc3ccc(CN4CCN(CCOP(=O)(O)OCc5ccc(O[C@@H]6O[C@H](C(=O)OC)[C@@H](OC(C)=O)[C@H](OC(C)=O)[C@H]6OC(C)=O)c(NC(=O)CCNC(=O)OCC6c7ccccc7-c7ccccc76)c5)CC4)cc3OC)c12. The number of hydrogen-bond donors (Lipinski definition) is 5. The molecule has 2 amide bonds. The van der Waals surface area contributed by atoms with Crippen LogP contribution in [0.3, 0.4) is 0 Å². The molecule has 9 rings (SSSR count). The van der Waals surface area contributed by atoms with Gasteiger partial charge in [-0.05, 0) is 64.1 Å². The first-order valence-electron chi connectivity index (χ1n) is 30.3. The van der Waals surface area contributed by atoms with Crippen LogP contribution in [0.4, 0.5) is 22.2 Å². The van der Waals surface area contributed by atoms with Crippen LogP contribution in [0.5, 0.6) is 11.5 Å². The highest BCUT2D eigenvalue weighted by molar-refractivity contribution is 7.47. The number of piperazine rings is 1. The Balaban J connectivity index is 0.809. The number of phosphoric acid groups is 1. The lowest BCUT2D eigenvalue weighted by atomic mass is 9.97. The molecule has 6 aromatic rings. The number of nitrogens with one attached hydrogen (secondary N) is 3. The number of phosphoric ester groups is 1. The van der Waals surface area contributed by atoms with Gasteiger partial charge in [-0.2, -0.15) is 4.98 Å². The van der Waals surface area contributed by atoms with Crippen molar-refractivity contribution in [2.24, 2.45) is 0 Å². The molecule has 2 aromatic heterocycles. The van der Waals surface area contributed by atoms with Gasteiger partial charge in [-0.15, -0.1) is 0 Å². The van der Waals surface area contributed by atoms with E-state index in [2.05, 4.69) is 65.4 Å². The van der Waals surface area contributed by atoms with E-state index in [0.717, 1.165) is 117 Å². The maximum Gasteiger partial charge on any atom is 0.472 e. The number of anilines is 3. The van der Waals surface area contributed by atoms with Crippen molar-refractivity contribution in [1.82, 2.24) is 29.7 Å². The number of methoxy groups -OCH3 is 2. The van der Waals surface area contributed by atoms with Gasteiger partial charge in [0.05, 0.1) is 45.2 Å². The van der Waals surface area contributed by atoms with Crippen LogP contribution in [0.2, 0.25) is 0 Å². The van der Waals surface area contributed by atoms with E-state index in [4.69, 9.17) is 52.7 Å². The molecule has 492 valence electrons. The summed E-state index contributed by atoms with van der Waals surface area (Å²) < 4.78 is 71.4. The number of esters is 4. The molecule has 4 aromatic carbocycles. The number of amides is 2. The Morgan fingerprint density at radius 1 is 0.750 bits per heavy atom. The normalized spacial score (nSPS) is 18.8. The van der Waals surface area contributed by atoms with Gasteiger partial charge in [0, 0.05) is 97.2 Å². The summed E-state index contributed by atoms with van der Waals surface area (Å²) in [6, 6.07) is 28.0. The van der Waals surface area contributed by atoms with Crippen molar-refractivity contribution in [3.8, 4) is 22.6 Å². The molecule has 92 heavy (non-hydrogen) atoms. The summed E-state index contributed by atoms with van der Waals surface area (Å²) in [5.74, 6) is -3.21. The summed E-state index contributed by atoms with van der Waals surface area (Å²) in [6.07, 6.45) is -4.58. The Kier molecular flexibility index (Phi) is 23.2. The molecule has 6 atom stereocenters. The van der Waals surface area contributed by atoms with Crippen molar-refractivity contribution >= 4 is 72.2 Å². The lowest BCUT2D eigenvalue weighted by molar-refractivity contribution is -0.282. The zero-order valence-electron chi connectivity index (χ0n) is 52.2. The number of nitrogens with zero attached hydrogens (tertiary/aromatic N) is 5. The summed E-state index contributed by atoms with van der Waals surface area (Å²) in [7, 11) is -2.00. The zero-order chi connectivity index (χ0) is 65.5. The lowest BCUT2D eigenvalue weighted by Crippen LogP contribution is -2.64. The molecule has 27 nitrogen and oxygen atoms in total. The number of benzene rings is 4. The summed E-state index contributed by atoms with van der Waals surface area (Å²) in [5, 5.41) is 8.75. The number of hydrogen-bond acceptors (Lipinski definition) is 23. The molecule has 0 bridgehead atoms. The second-order valence-corrected chi connectivity index (χ2v) is 23.7. The highest BCUT2D eigenvalue weighted by atomic mass is 31.2. The third-order valence-corrected chi connectivity index (χ3v) is 16.6. The Bertz CT molecular complexity index is 3610. The molecule has 2 fully saturated rings. The number of carbonyl (C=O) groups excluding carboxylic acids is 6. The van der Waals surface area contributed by atoms with Gasteiger partial charge in [0.25, 0.3) is 0 Å². The first kappa shape index (κ1) is 67.7. The Morgan fingerprint density at radius 2 is 1.42 bits per heavy atom. The number of rotatable bonds is 29. The first-order chi connectivity index (χ1) is 44.3. The molecule has 2 saturated heterocycles. The van der Waals surface area contributed by atoms with E-state index in [1.54, 1.807) is 7.11 Å². The second kappa shape index (κ2) is 31.6.